The molecule has 2 aromatic rings. The molecule has 0 amide bonds. The average Bonchev–Trinajstić information content (AvgIpc) is 2.49. The summed E-state index contributed by atoms with van der Waals surface area (Å²) in [5, 5.41) is 3.19. The number of nitrogens with zero attached hydrogens (tertiary/aromatic N) is 2. The van der Waals surface area contributed by atoms with Gasteiger partial charge in [-0.25, -0.2) is 4.98 Å². The Hall–Kier alpha value is -2.14. The number of pyridine rings is 2. The minimum absolute atomic E-state index is 0.618. The second kappa shape index (κ2) is 6.86. The van der Waals surface area contributed by atoms with Gasteiger partial charge in [-0.2, -0.15) is 0 Å². The molecule has 106 valence electrons. The van der Waals surface area contributed by atoms with Gasteiger partial charge in [0, 0.05) is 37.2 Å². The van der Waals surface area contributed by atoms with Crippen LogP contribution in [0.4, 0.5) is 11.5 Å². The van der Waals surface area contributed by atoms with Gasteiger partial charge in [0.05, 0.1) is 18.0 Å². The average molecular weight is 272 g/mol. The van der Waals surface area contributed by atoms with Crippen molar-refractivity contribution in [2.45, 2.75) is 13.3 Å². The minimum atomic E-state index is 0.618. The number of ether oxygens (including phenoxy) is 1. The van der Waals surface area contributed by atoms with E-state index in [1.54, 1.807) is 13.3 Å². The van der Waals surface area contributed by atoms with Gasteiger partial charge in [-0.15, -0.1) is 0 Å². The monoisotopic (exact) mass is 272 g/mol. The lowest BCUT2D eigenvalue weighted by Gasteiger charge is -2.13. The number of aromatic nitrogens is 2. The highest BCUT2D eigenvalue weighted by Gasteiger charge is 2.10. The third kappa shape index (κ3) is 3.24. The molecule has 0 unspecified atom stereocenters. The Labute approximate surface area is 119 Å². The van der Waals surface area contributed by atoms with Gasteiger partial charge in [0.1, 0.15) is 5.82 Å². The van der Waals surface area contributed by atoms with Gasteiger partial charge in [-0.1, -0.05) is 13.0 Å². The van der Waals surface area contributed by atoms with Gasteiger partial charge in [0.2, 0.25) is 0 Å². The normalized spacial score (nSPS) is 10.5. The van der Waals surface area contributed by atoms with E-state index in [4.69, 9.17) is 10.5 Å². The van der Waals surface area contributed by atoms with Crippen LogP contribution in [-0.4, -0.2) is 30.2 Å². The lowest BCUT2D eigenvalue weighted by molar-refractivity contribution is 0.210. The molecule has 0 aliphatic rings. The van der Waals surface area contributed by atoms with Crippen LogP contribution in [0.2, 0.25) is 0 Å². The van der Waals surface area contributed by atoms with Crippen molar-refractivity contribution in [3.63, 3.8) is 0 Å². The van der Waals surface area contributed by atoms with E-state index in [2.05, 4.69) is 22.2 Å². The Bertz CT molecular complexity index is 557. The molecule has 2 aromatic heterocycles. The summed E-state index contributed by atoms with van der Waals surface area (Å²) in [6.07, 6.45) is 4.42. The Morgan fingerprint density at radius 2 is 2.25 bits per heavy atom. The summed E-state index contributed by atoms with van der Waals surface area (Å²) in [6.45, 7) is 3.38. The van der Waals surface area contributed by atoms with Crippen molar-refractivity contribution in [3.05, 3.63) is 36.3 Å². The zero-order valence-electron chi connectivity index (χ0n) is 11.9. The van der Waals surface area contributed by atoms with E-state index in [1.807, 2.05) is 24.4 Å². The molecule has 0 fully saturated rings. The standard InChI is InChI=1S/C15H20N4O/c1-3-14-12(11-5-4-6-17-10-11)9-13(16)15(19-14)18-7-8-20-2/h4-6,9-10H,3,7-8,16H2,1-2H3,(H,18,19). The van der Waals surface area contributed by atoms with Crippen LogP contribution in [0.1, 0.15) is 12.6 Å². The zero-order valence-corrected chi connectivity index (χ0v) is 11.9. The summed E-state index contributed by atoms with van der Waals surface area (Å²) >= 11 is 0. The fourth-order valence-corrected chi connectivity index (χ4v) is 2.02. The first kappa shape index (κ1) is 14.3. The minimum Gasteiger partial charge on any atom is -0.396 e. The van der Waals surface area contributed by atoms with Crippen LogP contribution in [-0.2, 0) is 11.2 Å². The number of rotatable bonds is 6. The number of nitrogen functional groups attached to an aromatic ring is 1. The van der Waals surface area contributed by atoms with E-state index < -0.39 is 0 Å². The van der Waals surface area contributed by atoms with E-state index in [-0.39, 0.29) is 0 Å². The fraction of sp³-hybridized carbons (Fsp3) is 0.333. The summed E-state index contributed by atoms with van der Waals surface area (Å²) in [7, 11) is 1.67. The molecule has 0 aliphatic heterocycles. The number of hydrogen-bond donors (Lipinski definition) is 2. The lowest BCUT2D eigenvalue weighted by atomic mass is 10.0. The number of aryl methyl sites for hydroxylation is 1. The fourth-order valence-electron chi connectivity index (χ4n) is 2.02. The van der Waals surface area contributed by atoms with Gasteiger partial charge in [0.25, 0.3) is 0 Å². The molecule has 0 aliphatic carbocycles. The van der Waals surface area contributed by atoms with Crippen molar-refractivity contribution < 1.29 is 4.74 Å². The van der Waals surface area contributed by atoms with E-state index in [0.29, 0.717) is 24.7 Å². The first-order valence-corrected chi connectivity index (χ1v) is 6.68. The van der Waals surface area contributed by atoms with Crippen molar-refractivity contribution >= 4 is 11.5 Å². The second-order valence-corrected chi connectivity index (χ2v) is 4.44. The highest BCUT2D eigenvalue weighted by Crippen LogP contribution is 2.28. The van der Waals surface area contributed by atoms with Crippen LogP contribution >= 0.6 is 0 Å². The summed E-state index contributed by atoms with van der Waals surface area (Å²) in [5.41, 5.74) is 9.79. The maximum absolute atomic E-state index is 6.08. The van der Waals surface area contributed by atoms with Crippen LogP contribution in [0, 0.1) is 0 Å². The molecule has 0 bridgehead atoms. The first-order chi connectivity index (χ1) is 9.76. The summed E-state index contributed by atoms with van der Waals surface area (Å²) in [5.74, 6) is 0.714. The Balaban J connectivity index is 2.33. The molecule has 3 N–H and O–H groups in total. The molecule has 2 heterocycles. The summed E-state index contributed by atoms with van der Waals surface area (Å²) in [4.78, 5) is 8.77. The number of nitrogens with two attached hydrogens (primary N) is 1. The number of methoxy groups -OCH3 is 1. The van der Waals surface area contributed by atoms with Gasteiger partial charge < -0.3 is 15.8 Å². The Morgan fingerprint density at radius 1 is 1.40 bits per heavy atom. The van der Waals surface area contributed by atoms with Crippen molar-refractivity contribution in [2.24, 2.45) is 0 Å². The molecule has 5 heteroatoms. The molecular formula is C15H20N4O. The topological polar surface area (TPSA) is 73.1 Å². The molecule has 0 atom stereocenters. The van der Waals surface area contributed by atoms with Crippen LogP contribution in [0.3, 0.4) is 0 Å². The first-order valence-electron chi connectivity index (χ1n) is 6.68. The van der Waals surface area contributed by atoms with E-state index >= 15 is 0 Å². The highest BCUT2D eigenvalue weighted by atomic mass is 16.5. The molecule has 0 saturated heterocycles. The smallest absolute Gasteiger partial charge is 0.149 e. The molecule has 2 rings (SSSR count). The van der Waals surface area contributed by atoms with Gasteiger partial charge >= 0.3 is 0 Å². The largest absolute Gasteiger partial charge is 0.396 e. The van der Waals surface area contributed by atoms with Crippen LogP contribution in [0.25, 0.3) is 11.1 Å². The Kier molecular flexibility index (Phi) is 4.90. The van der Waals surface area contributed by atoms with Crippen molar-refractivity contribution in [2.75, 3.05) is 31.3 Å². The molecule has 0 aromatic carbocycles. The van der Waals surface area contributed by atoms with E-state index in [9.17, 15) is 0 Å². The summed E-state index contributed by atoms with van der Waals surface area (Å²) in [6, 6.07) is 5.88. The maximum Gasteiger partial charge on any atom is 0.149 e. The molecule has 5 nitrogen and oxygen atoms in total. The lowest BCUT2D eigenvalue weighted by Crippen LogP contribution is -2.12. The van der Waals surface area contributed by atoms with Crippen molar-refractivity contribution in [3.8, 4) is 11.1 Å². The van der Waals surface area contributed by atoms with Crippen LogP contribution in [0.5, 0.6) is 0 Å². The molecule has 0 saturated carbocycles. The Morgan fingerprint density at radius 3 is 2.90 bits per heavy atom. The van der Waals surface area contributed by atoms with Crippen molar-refractivity contribution in [1.82, 2.24) is 9.97 Å². The SMILES string of the molecule is CCc1nc(NCCOC)c(N)cc1-c1cccnc1. The predicted octanol–water partition coefficient (Wildman–Crippen LogP) is 2.35. The van der Waals surface area contributed by atoms with Gasteiger partial charge in [0.15, 0.2) is 0 Å². The highest BCUT2D eigenvalue weighted by molar-refractivity contribution is 5.74. The second-order valence-electron chi connectivity index (χ2n) is 4.44. The molecule has 20 heavy (non-hydrogen) atoms. The van der Waals surface area contributed by atoms with Gasteiger partial charge in [-0.05, 0) is 18.6 Å². The number of nitrogens with one attached hydrogen (secondary N) is 1. The third-order valence-electron chi connectivity index (χ3n) is 3.04. The van der Waals surface area contributed by atoms with E-state index in [0.717, 1.165) is 23.2 Å². The van der Waals surface area contributed by atoms with Crippen molar-refractivity contribution in [1.29, 1.82) is 0 Å². The van der Waals surface area contributed by atoms with Gasteiger partial charge in [-0.3, -0.25) is 4.98 Å². The number of anilines is 2. The summed E-state index contributed by atoms with van der Waals surface area (Å²) < 4.78 is 5.01. The molecule has 0 spiro atoms. The molecular weight excluding hydrogens is 252 g/mol. The maximum atomic E-state index is 6.08. The van der Waals surface area contributed by atoms with Crippen LogP contribution in [0.15, 0.2) is 30.6 Å². The van der Waals surface area contributed by atoms with E-state index in [1.165, 1.54) is 0 Å². The number of hydrogen-bond acceptors (Lipinski definition) is 5. The predicted molar refractivity (Wildman–Crippen MR) is 81.6 cm³/mol. The third-order valence-corrected chi connectivity index (χ3v) is 3.04. The van der Waals surface area contributed by atoms with Crippen LogP contribution < -0.4 is 11.1 Å². The quantitative estimate of drug-likeness (QED) is 0.790. The zero-order chi connectivity index (χ0) is 14.4. The molecule has 0 radical (unpaired) electrons.